The van der Waals surface area contributed by atoms with Gasteiger partial charge in [-0.25, -0.2) is 4.79 Å². The number of piperidine rings is 1. The van der Waals surface area contributed by atoms with Crippen LogP contribution < -0.4 is 0 Å². The number of allylic oxidation sites excluding steroid dienone is 2. The van der Waals surface area contributed by atoms with Crippen LogP contribution in [0.15, 0.2) is 36.0 Å². The topological polar surface area (TPSA) is 129 Å². The van der Waals surface area contributed by atoms with Crippen molar-refractivity contribution in [1.29, 1.82) is 0 Å². The van der Waals surface area contributed by atoms with Gasteiger partial charge in [0, 0.05) is 31.5 Å². The zero-order chi connectivity index (χ0) is 34.6. The second kappa shape index (κ2) is 18.9. The van der Waals surface area contributed by atoms with E-state index in [9.17, 15) is 24.9 Å². The molecule has 0 radical (unpaired) electrons. The summed E-state index contributed by atoms with van der Waals surface area (Å²) in [4.78, 5) is 30.0. The number of hydrogen-bond acceptors (Lipinski definition) is 9. The Balaban J connectivity index is 2.17. The molecule has 2 aliphatic heterocycles. The average molecular weight is 651 g/mol. The van der Waals surface area contributed by atoms with Crippen LogP contribution in [0.2, 0.25) is 0 Å². The molecule has 0 aromatic carbocycles. The molecule has 0 aromatic heterocycles. The van der Waals surface area contributed by atoms with E-state index in [-0.39, 0.29) is 36.6 Å². The first-order valence-electron chi connectivity index (χ1n) is 17.1. The fraction of sp³-hybridized carbons (Fsp3) is 0.778. The van der Waals surface area contributed by atoms with Gasteiger partial charge in [0.1, 0.15) is 12.2 Å². The minimum Gasteiger partial charge on any atom is -0.457 e. The molecular weight excluding hydrogens is 588 g/mol. The molecule has 9 atom stereocenters. The second-order valence-corrected chi connectivity index (χ2v) is 14.1. The number of hydrogen-bond donors (Lipinski definition) is 3. The molecule has 46 heavy (non-hydrogen) atoms. The molecule has 1 amide bonds. The van der Waals surface area contributed by atoms with E-state index >= 15 is 0 Å². The van der Waals surface area contributed by atoms with Crippen molar-refractivity contribution in [3.63, 3.8) is 0 Å². The molecule has 0 aliphatic carbocycles. The van der Waals surface area contributed by atoms with Gasteiger partial charge in [0.05, 0.1) is 36.4 Å². The van der Waals surface area contributed by atoms with Crippen molar-refractivity contribution in [2.45, 2.75) is 142 Å². The number of amides is 1. The number of likely N-dealkylation sites (tertiary alicyclic amines) is 1. The van der Waals surface area contributed by atoms with E-state index in [1.807, 2.05) is 59.8 Å². The Morgan fingerprint density at radius 1 is 1.17 bits per heavy atom. The molecule has 0 spiro atoms. The second-order valence-electron chi connectivity index (χ2n) is 14.1. The fourth-order valence-electron chi connectivity index (χ4n) is 6.19. The number of carbonyl (C=O) groups is 2. The maximum Gasteiger partial charge on any atom is 0.410 e. The summed E-state index contributed by atoms with van der Waals surface area (Å²) in [5.41, 5.74) is -0.403. The lowest BCUT2D eigenvalue weighted by molar-refractivity contribution is -0.151. The van der Waals surface area contributed by atoms with E-state index in [0.29, 0.717) is 44.8 Å². The lowest BCUT2D eigenvalue weighted by Gasteiger charge is -2.35. The van der Waals surface area contributed by atoms with Gasteiger partial charge < -0.3 is 39.3 Å². The van der Waals surface area contributed by atoms with Gasteiger partial charge in [-0.3, -0.25) is 4.79 Å². The standard InChI is InChI=1S/C36H62N2O8/c1-10-31(40)28(6)44-27(5)23-36(7,43)19-11-12-25(3)34-26(4)14-16-32(24(2)13-15-30(39)22-33(41)46-34)45-35(42)38-20-17-29(18-21-38)37(8)9/h11-12,14,16,19,24,26-32,34,39-40,43H,10,13,15,17-18,20-23H2,1-9H3/b16-14+,19-11+,25-12+. The van der Waals surface area contributed by atoms with E-state index in [0.717, 1.165) is 18.4 Å². The highest BCUT2D eigenvalue weighted by Gasteiger charge is 2.30. The van der Waals surface area contributed by atoms with Gasteiger partial charge in [-0.2, -0.15) is 0 Å². The fourth-order valence-corrected chi connectivity index (χ4v) is 6.19. The van der Waals surface area contributed by atoms with Crippen molar-refractivity contribution in [1.82, 2.24) is 9.80 Å². The number of rotatable bonds is 11. The minimum atomic E-state index is -1.17. The number of carbonyl (C=O) groups excluding carboxylic acids is 2. The summed E-state index contributed by atoms with van der Waals surface area (Å²) in [6, 6.07) is 0.454. The first-order chi connectivity index (χ1) is 21.5. The van der Waals surface area contributed by atoms with Crippen molar-refractivity contribution < 1.29 is 39.1 Å². The molecule has 1 saturated heterocycles. The third-order valence-electron chi connectivity index (χ3n) is 9.32. The predicted molar refractivity (Wildman–Crippen MR) is 180 cm³/mol. The zero-order valence-electron chi connectivity index (χ0n) is 29.7. The summed E-state index contributed by atoms with van der Waals surface area (Å²) < 4.78 is 17.8. The highest BCUT2D eigenvalue weighted by Crippen LogP contribution is 2.26. The quantitative estimate of drug-likeness (QED) is 0.161. The first-order valence-corrected chi connectivity index (χ1v) is 17.1. The smallest absolute Gasteiger partial charge is 0.410 e. The Morgan fingerprint density at radius 3 is 2.43 bits per heavy atom. The molecule has 10 nitrogen and oxygen atoms in total. The zero-order valence-corrected chi connectivity index (χ0v) is 29.7. The Hall–Kier alpha value is -2.24. The first kappa shape index (κ1) is 39.9. The largest absolute Gasteiger partial charge is 0.457 e. The van der Waals surface area contributed by atoms with Gasteiger partial charge in [0.25, 0.3) is 0 Å². The molecular formula is C36H62N2O8. The van der Waals surface area contributed by atoms with Crippen LogP contribution in [-0.2, 0) is 19.0 Å². The molecule has 9 unspecified atom stereocenters. The molecule has 0 aromatic rings. The van der Waals surface area contributed by atoms with E-state index in [1.165, 1.54) is 0 Å². The van der Waals surface area contributed by atoms with Crippen LogP contribution in [0.4, 0.5) is 4.79 Å². The summed E-state index contributed by atoms with van der Waals surface area (Å²) >= 11 is 0. The molecule has 0 bridgehead atoms. The summed E-state index contributed by atoms with van der Waals surface area (Å²) in [7, 11) is 4.12. The van der Waals surface area contributed by atoms with Crippen LogP contribution in [0.1, 0.15) is 93.4 Å². The lowest BCUT2D eigenvalue weighted by atomic mass is 9.92. The summed E-state index contributed by atoms with van der Waals surface area (Å²) in [6.07, 6.45) is 9.16. The molecule has 3 N–H and O–H groups in total. The Labute approximate surface area is 277 Å². The third-order valence-corrected chi connectivity index (χ3v) is 9.32. The van der Waals surface area contributed by atoms with Crippen molar-refractivity contribution in [2.75, 3.05) is 27.2 Å². The normalized spacial score (nSPS) is 30.1. The molecule has 1 fully saturated rings. The number of esters is 1. The van der Waals surface area contributed by atoms with Gasteiger partial charge in [-0.1, -0.05) is 45.1 Å². The maximum atomic E-state index is 13.2. The van der Waals surface area contributed by atoms with Crippen LogP contribution >= 0.6 is 0 Å². The van der Waals surface area contributed by atoms with Gasteiger partial charge in [0.15, 0.2) is 0 Å². The molecule has 0 saturated carbocycles. The van der Waals surface area contributed by atoms with Crippen LogP contribution in [0.3, 0.4) is 0 Å². The van der Waals surface area contributed by atoms with Gasteiger partial charge in [-0.15, -0.1) is 0 Å². The number of cyclic esters (lactones) is 1. The number of aliphatic hydroxyl groups excluding tert-OH is 2. The SMILES string of the molecule is CCC(O)C(C)OC(C)CC(C)(O)/C=C/C=C(\C)C1OC(=O)CC(O)CCC(C)C(OC(=O)N2CCC(N(C)C)CC2)/C=C/C1C. The summed E-state index contributed by atoms with van der Waals surface area (Å²) in [5.74, 6) is -0.792. The van der Waals surface area contributed by atoms with E-state index in [2.05, 4.69) is 19.0 Å². The van der Waals surface area contributed by atoms with Crippen molar-refractivity contribution >= 4 is 12.1 Å². The highest BCUT2D eigenvalue weighted by molar-refractivity contribution is 5.70. The van der Waals surface area contributed by atoms with Crippen molar-refractivity contribution in [3.8, 4) is 0 Å². The van der Waals surface area contributed by atoms with E-state index in [1.54, 1.807) is 24.0 Å². The number of ether oxygens (including phenoxy) is 3. The third kappa shape index (κ3) is 13.5. The van der Waals surface area contributed by atoms with Crippen LogP contribution in [0.25, 0.3) is 0 Å². The van der Waals surface area contributed by atoms with Gasteiger partial charge in [-0.05, 0) is 91.5 Å². The molecule has 264 valence electrons. The minimum absolute atomic E-state index is 0.0586. The van der Waals surface area contributed by atoms with Gasteiger partial charge in [0.2, 0.25) is 0 Å². The Kier molecular flexibility index (Phi) is 16.4. The number of aliphatic hydroxyl groups is 3. The van der Waals surface area contributed by atoms with Crippen LogP contribution in [0.5, 0.6) is 0 Å². The molecule has 2 aliphatic rings. The van der Waals surface area contributed by atoms with Crippen LogP contribution in [-0.4, -0.2) is 113 Å². The molecule has 2 heterocycles. The highest BCUT2D eigenvalue weighted by atomic mass is 16.6. The van der Waals surface area contributed by atoms with E-state index < -0.39 is 36.0 Å². The molecule has 2 rings (SSSR count). The van der Waals surface area contributed by atoms with Crippen molar-refractivity contribution in [3.05, 3.63) is 36.0 Å². The predicted octanol–water partition coefficient (Wildman–Crippen LogP) is 5.01. The Bertz CT molecular complexity index is 1030. The number of nitrogens with zero attached hydrogens (tertiary/aromatic N) is 2. The maximum absolute atomic E-state index is 13.2. The molecule has 10 heteroatoms. The van der Waals surface area contributed by atoms with E-state index in [4.69, 9.17) is 14.2 Å². The van der Waals surface area contributed by atoms with Crippen LogP contribution in [0, 0.1) is 11.8 Å². The van der Waals surface area contributed by atoms with Gasteiger partial charge >= 0.3 is 12.1 Å². The average Bonchev–Trinajstić information content (AvgIpc) is 2.98. The van der Waals surface area contributed by atoms with Crippen molar-refractivity contribution in [2.24, 2.45) is 11.8 Å². The summed E-state index contributed by atoms with van der Waals surface area (Å²) in [6.45, 7) is 14.4. The lowest BCUT2D eigenvalue weighted by Crippen LogP contribution is -2.45. The summed E-state index contributed by atoms with van der Waals surface area (Å²) in [5, 5.41) is 31.6. The Morgan fingerprint density at radius 2 is 1.83 bits per heavy atom. The monoisotopic (exact) mass is 650 g/mol.